The van der Waals surface area contributed by atoms with Gasteiger partial charge < -0.3 is 20.1 Å². The van der Waals surface area contributed by atoms with Crippen molar-refractivity contribution >= 4 is 5.96 Å². The van der Waals surface area contributed by atoms with Gasteiger partial charge in [-0.3, -0.25) is 4.99 Å². The largest absolute Gasteiger partial charge is 0.379 e. The monoisotopic (exact) mass is 319 g/mol. The van der Waals surface area contributed by atoms with E-state index >= 15 is 0 Å². The van der Waals surface area contributed by atoms with Crippen molar-refractivity contribution in [2.45, 2.75) is 32.3 Å². The van der Waals surface area contributed by atoms with Crippen LogP contribution < -0.4 is 10.6 Å². The topological polar surface area (TPSA) is 54.9 Å². The third-order valence-corrected chi connectivity index (χ3v) is 4.03. The molecule has 1 aliphatic heterocycles. The van der Waals surface area contributed by atoms with Gasteiger partial charge in [0.15, 0.2) is 5.96 Å². The van der Waals surface area contributed by atoms with E-state index in [1.54, 1.807) is 7.05 Å². The molecule has 1 aliphatic rings. The Morgan fingerprint density at radius 2 is 2.13 bits per heavy atom. The van der Waals surface area contributed by atoms with Crippen molar-refractivity contribution < 1.29 is 9.47 Å². The molecule has 0 aliphatic carbocycles. The Morgan fingerprint density at radius 1 is 1.30 bits per heavy atom. The van der Waals surface area contributed by atoms with E-state index in [1.807, 2.05) is 0 Å². The van der Waals surface area contributed by atoms with E-state index in [-0.39, 0.29) is 0 Å². The van der Waals surface area contributed by atoms with Crippen molar-refractivity contribution in [3.63, 3.8) is 0 Å². The van der Waals surface area contributed by atoms with Crippen LogP contribution in [0.5, 0.6) is 0 Å². The Kier molecular flexibility index (Phi) is 7.90. The van der Waals surface area contributed by atoms with Gasteiger partial charge in [-0.2, -0.15) is 0 Å². The quantitative estimate of drug-likeness (QED) is 0.436. The van der Waals surface area contributed by atoms with E-state index in [0.29, 0.717) is 6.10 Å². The lowest BCUT2D eigenvalue weighted by atomic mass is 10.1. The molecule has 5 heteroatoms. The van der Waals surface area contributed by atoms with Crippen LogP contribution in [0.3, 0.4) is 0 Å². The Balaban J connectivity index is 1.55. The minimum atomic E-state index is 0.293. The highest BCUT2D eigenvalue weighted by Gasteiger charge is 2.15. The van der Waals surface area contributed by atoms with Crippen LogP contribution in [0.2, 0.25) is 0 Å². The highest BCUT2D eigenvalue weighted by molar-refractivity contribution is 5.79. The number of guanidine groups is 1. The molecule has 1 aromatic carbocycles. The minimum Gasteiger partial charge on any atom is -0.379 e. The summed E-state index contributed by atoms with van der Waals surface area (Å²) in [6, 6.07) is 8.49. The zero-order chi connectivity index (χ0) is 16.3. The first kappa shape index (κ1) is 17.8. The van der Waals surface area contributed by atoms with Crippen molar-refractivity contribution in [3.8, 4) is 0 Å². The van der Waals surface area contributed by atoms with Crippen LogP contribution in [-0.2, 0) is 15.9 Å². The summed E-state index contributed by atoms with van der Waals surface area (Å²) in [4.78, 5) is 4.25. The molecule has 0 radical (unpaired) electrons. The van der Waals surface area contributed by atoms with Crippen LogP contribution in [0, 0.1) is 6.92 Å². The number of rotatable bonds is 8. The van der Waals surface area contributed by atoms with Gasteiger partial charge in [-0.1, -0.05) is 24.3 Å². The Hall–Kier alpha value is -1.59. The number of aliphatic imine (C=N–C) groups is 1. The summed E-state index contributed by atoms with van der Waals surface area (Å²) in [6.45, 7) is 6.23. The number of ether oxygens (including phenoxy) is 2. The fourth-order valence-electron chi connectivity index (χ4n) is 2.60. The Morgan fingerprint density at radius 3 is 2.87 bits per heavy atom. The van der Waals surface area contributed by atoms with E-state index in [0.717, 1.165) is 58.1 Å². The molecular formula is C18H29N3O2. The van der Waals surface area contributed by atoms with Gasteiger partial charge >= 0.3 is 0 Å². The highest BCUT2D eigenvalue weighted by atomic mass is 16.5. The molecule has 128 valence electrons. The zero-order valence-electron chi connectivity index (χ0n) is 14.3. The van der Waals surface area contributed by atoms with Gasteiger partial charge in [0, 0.05) is 33.4 Å². The molecule has 1 unspecified atom stereocenters. The number of hydrogen-bond donors (Lipinski definition) is 2. The lowest BCUT2D eigenvalue weighted by molar-refractivity contribution is 0.0420. The van der Waals surface area contributed by atoms with Crippen molar-refractivity contribution in [2.24, 2.45) is 4.99 Å². The second-order valence-electron chi connectivity index (χ2n) is 5.81. The number of nitrogens with zero attached hydrogens (tertiary/aromatic N) is 1. The summed E-state index contributed by atoms with van der Waals surface area (Å²) in [7, 11) is 1.80. The Bertz CT molecular complexity index is 485. The fourth-order valence-corrected chi connectivity index (χ4v) is 2.60. The second kappa shape index (κ2) is 10.2. The SMILES string of the molecule is CN=C(NCCCOC1CCOC1)NCCc1ccccc1C. The molecule has 1 atom stereocenters. The van der Waals surface area contributed by atoms with Gasteiger partial charge in [-0.15, -0.1) is 0 Å². The first-order valence-corrected chi connectivity index (χ1v) is 8.48. The summed E-state index contributed by atoms with van der Waals surface area (Å²) in [6.07, 6.45) is 3.28. The highest BCUT2D eigenvalue weighted by Crippen LogP contribution is 2.08. The molecule has 0 aromatic heterocycles. The summed E-state index contributed by atoms with van der Waals surface area (Å²) < 4.78 is 11.0. The summed E-state index contributed by atoms with van der Waals surface area (Å²) in [5.41, 5.74) is 2.72. The smallest absolute Gasteiger partial charge is 0.190 e. The van der Waals surface area contributed by atoms with E-state index in [4.69, 9.17) is 9.47 Å². The van der Waals surface area contributed by atoms with Crippen LogP contribution in [0.4, 0.5) is 0 Å². The average molecular weight is 319 g/mol. The average Bonchev–Trinajstić information content (AvgIpc) is 3.08. The number of aryl methyl sites for hydroxylation is 1. The van der Waals surface area contributed by atoms with Crippen LogP contribution in [-0.4, -0.2) is 52.0 Å². The minimum absolute atomic E-state index is 0.293. The maximum Gasteiger partial charge on any atom is 0.190 e. The molecule has 0 bridgehead atoms. The normalized spacial score (nSPS) is 18.2. The van der Waals surface area contributed by atoms with Gasteiger partial charge in [0.25, 0.3) is 0 Å². The number of nitrogens with one attached hydrogen (secondary N) is 2. The van der Waals surface area contributed by atoms with E-state index in [2.05, 4.69) is 46.8 Å². The maximum atomic E-state index is 5.75. The predicted molar refractivity (Wildman–Crippen MR) is 94.0 cm³/mol. The molecule has 0 spiro atoms. The second-order valence-corrected chi connectivity index (χ2v) is 5.81. The van der Waals surface area contributed by atoms with E-state index in [9.17, 15) is 0 Å². The molecule has 2 rings (SSSR count). The van der Waals surface area contributed by atoms with Gasteiger partial charge in [0.2, 0.25) is 0 Å². The van der Waals surface area contributed by atoms with E-state index < -0.39 is 0 Å². The Labute approximate surface area is 139 Å². The van der Waals surface area contributed by atoms with Crippen LogP contribution in [0.1, 0.15) is 24.0 Å². The molecule has 1 saturated heterocycles. The molecule has 1 heterocycles. The molecular weight excluding hydrogens is 290 g/mol. The number of hydrogen-bond acceptors (Lipinski definition) is 3. The number of benzene rings is 1. The van der Waals surface area contributed by atoms with Crippen molar-refractivity contribution in [2.75, 3.05) is 40.0 Å². The van der Waals surface area contributed by atoms with E-state index in [1.165, 1.54) is 11.1 Å². The maximum absolute atomic E-state index is 5.75. The zero-order valence-corrected chi connectivity index (χ0v) is 14.3. The third kappa shape index (κ3) is 6.59. The molecule has 1 aromatic rings. The van der Waals surface area contributed by atoms with Gasteiger partial charge in [0.1, 0.15) is 0 Å². The van der Waals surface area contributed by atoms with Crippen LogP contribution >= 0.6 is 0 Å². The summed E-state index contributed by atoms with van der Waals surface area (Å²) >= 11 is 0. The van der Waals surface area contributed by atoms with Gasteiger partial charge in [-0.25, -0.2) is 0 Å². The molecule has 0 amide bonds. The van der Waals surface area contributed by atoms with Crippen molar-refractivity contribution in [1.29, 1.82) is 0 Å². The molecule has 1 fully saturated rings. The van der Waals surface area contributed by atoms with Crippen LogP contribution in [0.15, 0.2) is 29.3 Å². The fraction of sp³-hybridized carbons (Fsp3) is 0.611. The molecule has 2 N–H and O–H groups in total. The van der Waals surface area contributed by atoms with Gasteiger partial charge in [0.05, 0.1) is 12.7 Å². The predicted octanol–water partition coefficient (Wildman–Crippen LogP) is 1.90. The van der Waals surface area contributed by atoms with Crippen molar-refractivity contribution in [3.05, 3.63) is 35.4 Å². The summed E-state index contributed by atoms with van der Waals surface area (Å²) in [5, 5.41) is 6.68. The standard InChI is InChI=1S/C18H29N3O2/c1-15-6-3-4-7-16(15)8-11-21-18(19-2)20-10-5-12-23-17-9-13-22-14-17/h3-4,6-7,17H,5,8-14H2,1-2H3,(H2,19,20,21). The molecule has 0 saturated carbocycles. The first-order valence-electron chi connectivity index (χ1n) is 8.48. The third-order valence-electron chi connectivity index (χ3n) is 4.03. The molecule has 23 heavy (non-hydrogen) atoms. The summed E-state index contributed by atoms with van der Waals surface area (Å²) in [5.74, 6) is 0.850. The van der Waals surface area contributed by atoms with Crippen molar-refractivity contribution in [1.82, 2.24) is 10.6 Å². The van der Waals surface area contributed by atoms with Crippen LogP contribution in [0.25, 0.3) is 0 Å². The van der Waals surface area contributed by atoms with Gasteiger partial charge in [-0.05, 0) is 37.3 Å². The lowest BCUT2D eigenvalue weighted by Gasteiger charge is -2.13. The first-order chi connectivity index (χ1) is 11.3. The lowest BCUT2D eigenvalue weighted by Crippen LogP contribution is -2.39. The molecule has 5 nitrogen and oxygen atoms in total.